The Hall–Kier alpha value is -2.66. The first-order chi connectivity index (χ1) is 12.4. The van der Waals surface area contributed by atoms with Crippen molar-refractivity contribution in [3.8, 4) is 22.7 Å². The van der Waals surface area contributed by atoms with Gasteiger partial charge in [-0.05, 0) is 48.6 Å². The molecule has 0 aliphatic carbocycles. The van der Waals surface area contributed by atoms with E-state index in [1.54, 1.807) is 10.9 Å². The van der Waals surface area contributed by atoms with Gasteiger partial charge in [0.2, 0.25) is 0 Å². The van der Waals surface area contributed by atoms with Gasteiger partial charge in [-0.3, -0.25) is 0 Å². The summed E-state index contributed by atoms with van der Waals surface area (Å²) in [6, 6.07) is 14.0. The maximum absolute atomic E-state index is 5.92. The molecule has 5 nitrogen and oxygen atoms in total. The quantitative estimate of drug-likeness (QED) is 0.713. The Morgan fingerprint density at radius 2 is 1.88 bits per heavy atom. The van der Waals surface area contributed by atoms with Crippen LogP contribution in [0.25, 0.3) is 16.9 Å². The normalized spacial score (nSPS) is 15.2. The van der Waals surface area contributed by atoms with Crippen LogP contribution in [-0.4, -0.2) is 34.6 Å². The Labute approximate surface area is 147 Å². The van der Waals surface area contributed by atoms with Gasteiger partial charge < -0.3 is 9.47 Å². The molecule has 0 bridgehead atoms. The van der Waals surface area contributed by atoms with E-state index in [0.717, 1.165) is 55.4 Å². The standard InChI is InChI=1S/C20H21N3O2/c1-2-10-21-20(3-1)23-14-18(13-22-23)17-4-6-19(7-5-17)25-15-16-8-11-24-12-9-16/h1-7,10,13-14,16H,8-9,11-12,15H2. The van der Waals surface area contributed by atoms with Crippen molar-refractivity contribution in [2.45, 2.75) is 12.8 Å². The minimum Gasteiger partial charge on any atom is -0.493 e. The zero-order valence-corrected chi connectivity index (χ0v) is 14.0. The number of aromatic nitrogens is 3. The maximum Gasteiger partial charge on any atom is 0.153 e. The molecule has 1 aliphatic rings. The van der Waals surface area contributed by atoms with Gasteiger partial charge >= 0.3 is 0 Å². The Kier molecular flexibility index (Phi) is 4.74. The molecule has 3 aromatic rings. The zero-order chi connectivity index (χ0) is 16.9. The summed E-state index contributed by atoms with van der Waals surface area (Å²) in [5.41, 5.74) is 2.17. The average molecular weight is 335 g/mol. The van der Waals surface area contributed by atoms with E-state index < -0.39 is 0 Å². The van der Waals surface area contributed by atoms with Gasteiger partial charge in [0.15, 0.2) is 5.82 Å². The largest absolute Gasteiger partial charge is 0.493 e. The Bertz CT molecular complexity index is 793. The fourth-order valence-corrected chi connectivity index (χ4v) is 2.96. The smallest absolute Gasteiger partial charge is 0.153 e. The van der Waals surface area contributed by atoms with Gasteiger partial charge in [0.05, 0.1) is 12.8 Å². The fourth-order valence-electron chi connectivity index (χ4n) is 2.96. The van der Waals surface area contributed by atoms with Crippen molar-refractivity contribution in [1.29, 1.82) is 0 Å². The van der Waals surface area contributed by atoms with E-state index in [1.165, 1.54) is 0 Å². The van der Waals surface area contributed by atoms with Gasteiger partial charge in [-0.25, -0.2) is 9.67 Å². The van der Waals surface area contributed by atoms with Gasteiger partial charge in [-0.15, -0.1) is 0 Å². The average Bonchev–Trinajstić information content (AvgIpc) is 3.19. The molecule has 2 aromatic heterocycles. The van der Waals surface area contributed by atoms with Gasteiger partial charge in [0.25, 0.3) is 0 Å². The molecule has 0 saturated carbocycles. The van der Waals surface area contributed by atoms with E-state index in [-0.39, 0.29) is 0 Å². The molecule has 0 unspecified atom stereocenters. The van der Waals surface area contributed by atoms with Crippen LogP contribution in [0.5, 0.6) is 5.75 Å². The lowest BCUT2D eigenvalue weighted by Crippen LogP contribution is -2.21. The van der Waals surface area contributed by atoms with E-state index >= 15 is 0 Å². The van der Waals surface area contributed by atoms with Gasteiger partial charge in [-0.1, -0.05) is 18.2 Å². The van der Waals surface area contributed by atoms with Crippen molar-refractivity contribution in [2.75, 3.05) is 19.8 Å². The summed E-state index contributed by atoms with van der Waals surface area (Å²) >= 11 is 0. The number of hydrogen-bond acceptors (Lipinski definition) is 4. The third-order valence-corrected chi connectivity index (χ3v) is 4.48. The lowest BCUT2D eigenvalue weighted by atomic mass is 10.0. The third-order valence-electron chi connectivity index (χ3n) is 4.48. The first-order valence-electron chi connectivity index (χ1n) is 8.65. The molecule has 0 radical (unpaired) electrons. The number of rotatable bonds is 5. The molecule has 25 heavy (non-hydrogen) atoms. The van der Waals surface area contributed by atoms with Gasteiger partial charge in [-0.2, -0.15) is 5.10 Å². The highest BCUT2D eigenvalue weighted by Crippen LogP contribution is 2.24. The number of ether oxygens (including phenoxy) is 2. The second-order valence-corrected chi connectivity index (χ2v) is 6.25. The second kappa shape index (κ2) is 7.49. The van der Waals surface area contributed by atoms with E-state index in [4.69, 9.17) is 9.47 Å². The molecule has 1 aliphatic heterocycles. The van der Waals surface area contributed by atoms with Crippen molar-refractivity contribution in [1.82, 2.24) is 14.8 Å². The van der Waals surface area contributed by atoms with Crippen molar-refractivity contribution < 1.29 is 9.47 Å². The van der Waals surface area contributed by atoms with Crippen LogP contribution < -0.4 is 4.74 Å². The monoisotopic (exact) mass is 335 g/mol. The van der Waals surface area contributed by atoms with Crippen LogP contribution >= 0.6 is 0 Å². The van der Waals surface area contributed by atoms with Crippen molar-refractivity contribution in [2.24, 2.45) is 5.92 Å². The molecule has 0 N–H and O–H groups in total. The summed E-state index contributed by atoms with van der Waals surface area (Å²) < 4.78 is 13.1. The molecule has 5 heteroatoms. The summed E-state index contributed by atoms with van der Waals surface area (Å²) in [6.07, 6.45) is 7.78. The predicted molar refractivity (Wildman–Crippen MR) is 95.8 cm³/mol. The summed E-state index contributed by atoms with van der Waals surface area (Å²) in [5, 5.41) is 4.39. The van der Waals surface area contributed by atoms with Crippen LogP contribution in [0.1, 0.15) is 12.8 Å². The number of nitrogens with zero attached hydrogens (tertiary/aromatic N) is 3. The maximum atomic E-state index is 5.92. The van der Waals surface area contributed by atoms with Crippen molar-refractivity contribution >= 4 is 0 Å². The van der Waals surface area contributed by atoms with Crippen LogP contribution in [0.4, 0.5) is 0 Å². The minimum atomic E-state index is 0.602. The van der Waals surface area contributed by atoms with Crippen molar-refractivity contribution in [3.63, 3.8) is 0 Å². The van der Waals surface area contributed by atoms with E-state index in [9.17, 15) is 0 Å². The van der Waals surface area contributed by atoms with Crippen LogP contribution in [-0.2, 0) is 4.74 Å². The Morgan fingerprint density at radius 3 is 2.64 bits per heavy atom. The van der Waals surface area contributed by atoms with E-state index in [1.807, 2.05) is 42.7 Å². The zero-order valence-electron chi connectivity index (χ0n) is 14.0. The van der Waals surface area contributed by atoms with Crippen LogP contribution in [0, 0.1) is 5.92 Å². The van der Waals surface area contributed by atoms with Crippen LogP contribution in [0.2, 0.25) is 0 Å². The summed E-state index contributed by atoms with van der Waals surface area (Å²) in [7, 11) is 0. The molecule has 1 aromatic carbocycles. The summed E-state index contributed by atoms with van der Waals surface area (Å²) in [5.74, 6) is 2.32. The van der Waals surface area contributed by atoms with E-state index in [2.05, 4.69) is 22.2 Å². The lowest BCUT2D eigenvalue weighted by Gasteiger charge is -2.22. The molecular weight excluding hydrogens is 314 g/mol. The van der Waals surface area contributed by atoms with Crippen molar-refractivity contribution in [3.05, 3.63) is 61.1 Å². The molecule has 128 valence electrons. The number of hydrogen-bond donors (Lipinski definition) is 0. The Balaban J connectivity index is 1.41. The van der Waals surface area contributed by atoms with Gasteiger partial charge in [0.1, 0.15) is 5.75 Å². The highest BCUT2D eigenvalue weighted by molar-refractivity contribution is 5.62. The molecule has 0 atom stereocenters. The highest BCUT2D eigenvalue weighted by atomic mass is 16.5. The minimum absolute atomic E-state index is 0.602. The summed E-state index contributed by atoms with van der Waals surface area (Å²) in [6.45, 7) is 2.47. The third kappa shape index (κ3) is 3.88. The molecule has 4 rings (SSSR count). The molecule has 1 fully saturated rings. The molecule has 0 amide bonds. The second-order valence-electron chi connectivity index (χ2n) is 6.25. The van der Waals surface area contributed by atoms with Crippen LogP contribution in [0.15, 0.2) is 61.1 Å². The Morgan fingerprint density at radius 1 is 1.04 bits per heavy atom. The lowest BCUT2D eigenvalue weighted by molar-refractivity contribution is 0.0497. The molecule has 0 spiro atoms. The molecule has 1 saturated heterocycles. The van der Waals surface area contributed by atoms with Gasteiger partial charge in [0, 0.05) is 31.2 Å². The van der Waals surface area contributed by atoms with Crippen LogP contribution in [0.3, 0.4) is 0 Å². The number of benzene rings is 1. The SMILES string of the molecule is c1ccc(-n2cc(-c3ccc(OCC4CCOCC4)cc3)cn2)nc1. The molecule has 3 heterocycles. The summed E-state index contributed by atoms with van der Waals surface area (Å²) in [4.78, 5) is 4.31. The number of pyridine rings is 1. The molecular formula is C20H21N3O2. The first kappa shape index (κ1) is 15.8. The highest BCUT2D eigenvalue weighted by Gasteiger charge is 2.14. The predicted octanol–water partition coefficient (Wildman–Crippen LogP) is 3.74. The first-order valence-corrected chi connectivity index (χ1v) is 8.65. The van der Waals surface area contributed by atoms with E-state index in [0.29, 0.717) is 5.92 Å². The fraction of sp³-hybridized carbons (Fsp3) is 0.300. The topological polar surface area (TPSA) is 49.2 Å².